The van der Waals surface area contributed by atoms with Crippen molar-refractivity contribution in [3.8, 4) is 0 Å². The molecular weight excluding hydrogens is 350 g/mol. The topological polar surface area (TPSA) is 49.8 Å². The minimum atomic E-state index is -0.738. The zero-order valence-electron chi connectivity index (χ0n) is 16.7. The number of aliphatic hydroxyl groups is 1. The predicted octanol–water partition coefficient (Wildman–Crippen LogP) is 3.41. The molecule has 28 heavy (non-hydrogen) atoms. The molecule has 0 radical (unpaired) electrons. The van der Waals surface area contributed by atoms with Crippen LogP contribution in [0.5, 0.6) is 0 Å². The zero-order chi connectivity index (χ0) is 19.8. The van der Waals surface area contributed by atoms with Crippen molar-refractivity contribution in [2.45, 2.75) is 37.2 Å². The van der Waals surface area contributed by atoms with Crippen LogP contribution in [0, 0.1) is 12.8 Å². The molecule has 1 saturated carbocycles. The molecular formula is C24H29NO3. The molecule has 2 aromatic rings. The van der Waals surface area contributed by atoms with Gasteiger partial charge in [0.05, 0.1) is 18.1 Å². The highest BCUT2D eigenvalue weighted by molar-refractivity contribution is 5.87. The zero-order valence-corrected chi connectivity index (χ0v) is 16.7. The van der Waals surface area contributed by atoms with E-state index in [1.165, 1.54) is 12.7 Å². The van der Waals surface area contributed by atoms with Gasteiger partial charge < -0.3 is 14.7 Å². The summed E-state index contributed by atoms with van der Waals surface area (Å²) in [5.74, 6) is 0.143. The van der Waals surface area contributed by atoms with Crippen molar-refractivity contribution in [2.24, 2.45) is 5.92 Å². The van der Waals surface area contributed by atoms with E-state index >= 15 is 0 Å². The molecule has 0 spiro atoms. The normalized spacial score (nSPS) is 26.6. The van der Waals surface area contributed by atoms with Gasteiger partial charge in [0.15, 0.2) is 0 Å². The number of ether oxygens (including phenoxy) is 1. The first kappa shape index (κ1) is 19.2. The van der Waals surface area contributed by atoms with Crippen LogP contribution in [-0.2, 0) is 20.5 Å². The number of methoxy groups -OCH3 is 1. The summed E-state index contributed by atoms with van der Waals surface area (Å²) in [5.41, 5.74) is 2.02. The molecule has 4 rings (SSSR count). The Morgan fingerprint density at radius 1 is 1.07 bits per heavy atom. The van der Waals surface area contributed by atoms with Gasteiger partial charge in [0, 0.05) is 19.6 Å². The van der Waals surface area contributed by atoms with Crippen molar-refractivity contribution < 1.29 is 14.6 Å². The molecule has 1 unspecified atom stereocenters. The summed E-state index contributed by atoms with van der Waals surface area (Å²) in [5, 5.41) is 11.0. The lowest BCUT2D eigenvalue weighted by Gasteiger charge is -2.39. The summed E-state index contributed by atoms with van der Waals surface area (Å²) in [6.07, 6.45) is 2.28. The molecule has 4 heteroatoms. The number of carbonyl (C=O) groups excluding carboxylic acids is 1. The molecule has 0 aromatic heterocycles. The molecule has 148 valence electrons. The molecule has 2 aromatic carbocycles. The third-order valence-corrected chi connectivity index (χ3v) is 6.69. The standard InChI is InChI=1S/C24H29NO3/c1-18-8-10-20(11-9-18)24(22(26)28-2)16-21(24)17-25-14-12-23(27,13-15-25)19-6-4-3-5-7-19/h3-11,21,27H,12-17H2,1-2H3/t21?,24-/m1/s1. The monoisotopic (exact) mass is 379 g/mol. The van der Waals surface area contributed by atoms with E-state index in [0.717, 1.165) is 50.0 Å². The van der Waals surface area contributed by atoms with Crippen LogP contribution in [0.2, 0.25) is 0 Å². The van der Waals surface area contributed by atoms with E-state index < -0.39 is 11.0 Å². The lowest BCUT2D eigenvalue weighted by Crippen LogP contribution is -2.44. The van der Waals surface area contributed by atoms with Crippen LogP contribution in [-0.4, -0.2) is 42.7 Å². The highest BCUT2D eigenvalue weighted by atomic mass is 16.5. The van der Waals surface area contributed by atoms with Crippen LogP contribution < -0.4 is 0 Å². The third-order valence-electron chi connectivity index (χ3n) is 6.69. The highest BCUT2D eigenvalue weighted by Crippen LogP contribution is 2.55. The second-order valence-electron chi connectivity index (χ2n) is 8.43. The maximum atomic E-state index is 12.6. The molecule has 1 aliphatic heterocycles. The molecule has 2 aliphatic rings. The first-order valence-corrected chi connectivity index (χ1v) is 10.1. The number of carbonyl (C=O) groups is 1. The Morgan fingerprint density at radius 3 is 2.32 bits per heavy atom. The maximum absolute atomic E-state index is 12.6. The van der Waals surface area contributed by atoms with E-state index in [4.69, 9.17) is 4.74 Å². The predicted molar refractivity (Wildman–Crippen MR) is 109 cm³/mol. The number of rotatable bonds is 5. The van der Waals surface area contributed by atoms with Crippen molar-refractivity contribution in [1.82, 2.24) is 4.90 Å². The highest BCUT2D eigenvalue weighted by Gasteiger charge is 2.62. The molecule has 0 bridgehead atoms. The van der Waals surface area contributed by atoms with Crippen LogP contribution in [0.4, 0.5) is 0 Å². The minimum Gasteiger partial charge on any atom is -0.468 e. The second kappa shape index (κ2) is 7.34. The summed E-state index contributed by atoms with van der Waals surface area (Å²) < 4.78 is 5.18. The first-order chi connectivity index (χ1) is 13.5. The summed E-state index contributed by atoms with van der Waals surface area (Å²) >= 11 is 0. The Labute approximate surface area is 167 Å². The summed E-state index contributed by atoms with van der Waals surface area (Å²) in [4.78, 5) is 15.0. The SMILES string of the molecule is COC(=O)[C@@]1(c2ccc(C)cc2)CC1CN1CCC(O)(c2ccccc2)CC1. The van der Waals surface area contributed by atoms with Crippen molar-refractivity contribution in [3.63, 3.8) is 0 Å². The molecule has 0 amide bonds. The minimum absolute atomic E-state index is 0.126. The van der Waals surface area contributed by atoms with E-state index in [9.17, 15) is 9.90 Å². The van der Waals surface area contributed by atoms with E-state index in [2.05, 4.69) is 36.1 Å². The van der Waals surface area contributed by atoms with Gasteiger partial charge in [0.2, 0.25) is 0 Å². The molecule has 1 N–H and O–H groups in total. The van der Waals surface area contributed by atoms with Gasteiger partial charge in [-0.05, 0) is 43.2 Å². The lowest BCUT2D eigenvalue weighted by molar-refractivity contribution is -0.144. The average molecular weight is 380 g/mol. The Morgan fingerprint density at radius 2 is 1.71 bits per heavy atom. The smallest absolute Gasteiger partial charge is 0.316 e. The maximum Gasteiger partial charge on any atom is 0.316 e. The molecule has 1 saturated heterocycles. The van der Waals surface area contributed by atoms with E-state index in [1.54, 1.807) is 0 Å². The van der Waals surface area contributed by atoms with Gasteiger partial charge in [-0.3, -0.25) is 4.79 Å². The van der Waals surface area contributed by atoms with Crippen molar-refractivity contribution >= 4 is 5.97 Å². The summed E-state index contributed by atoms with van der Waals surface area (Å²) in [7, 11) is 1.48. The van der Waals surface area contributed by atoms with Crippen molar-refractivity contribution in [1.29, 1.82) is 0 Å². The quantitative estimate of drug-likeness (QED) is 0.809. The molecule has 1 heterocycles. The summed E-state index contributed by atoms with van der Waals surface area (Å²) in [6.45, 7) is 4.61. The van der Waals surface area contributed by atoms with Crippen molar-refractivity contribution in [3.05, 3.63) is 71.3 Å². The van der Waals surface area contributed by atoms with E-state index in [0.29, 0.717) is 0 Å². The van der Waals surface area contributed by atoms with E-state index in [-0.39, 0.29) is 11.9 Å². The van der Waals surface area contributed by atoms with E-state index in [1.807, 2.05) is 30.3 Å². The van der Waals surface area contributed by atoms with Crippen LogP contribution in [0.25, 0.3) is 0 Å². The van der Waals surface area contributed by atoms with Gasteiger partial charge in [-0.15, -0.1) is 0 Å². The fourth-order valence-electron chi connectivity index (χ4n) is 4.76. The first-order valence-electron chi connectivity index (χ1n) is 10.1. The van der Waals surface area contributed by atoms with Gasteiger partial charge >= 0.3 is 5.97 Å². The number of aryl methyl sites for hydroxylation is 1. The molecule has 2 atom stereocenters. The van der Waals surface area contributed by atoms with Gasteiger partial charge in [-0.2, -0.15) is 0 Å². The lowest BCUT2D eigenvalue weighted by atomic mass is 9.84. The molecule has 1 aliphatic carbocycles. The number of hydrogen-bond acceptors (Lipinski definition) is 4. The van der Waals surface area contributed by atoms with Gasteiger partial charge in [-0.1, -0.05) is 60.2 Å². The number of benzene rings is 2. The van der Waals surface area contributed by atoms with Crippen molar-refractivity contribution in [2.75, 3.05) is 26.7 Å². The number of hydrogen-bond donors (Lipinski definition) is 1. The van der Waals surface area contributed by atoms with Gasteiger partial charge in [-0.25, -0.2) is 0 Å². The Balaban J connectivity index is 1.43. The fourth-order valence-corrected chi connectivity index (χ4v) is 4.76. The van der Waals surface area contributed by atoms with Crippen LogP contribution in [0.3, 0.4) is 0 Å². The largest absolute Gasteiger partial charge is 0.468 e. The second-order valence-corrected chi connectivity index (χ2v) is 8.43. The van der Waals surface area contributed by atoms with Crippen LogP contribution >= 0.6 is 0 Å². The molecule has 2 fully saturated rings. The summed E-state index contributed by atoms with van der Waals surface area (Å²) in [6, 6.07) is 18.2. The van der Waals surface area contributed by atoms with Gasteiger partial charge in [0.1, 0.15) is 0 Å². The Hall–Kier alpha value is -2.17. The van der Waals surface area contributed by atoms with Crippen LogP contribution in [0.1, 0.15) is 36.0 Å². The number of piperidine rings is 1. The third kappa shape index (κ3) is 3.36. The number of nitrogens with zero attached hydrogens (tertiary/aromatic N) is 1. The average Bonchev–Trinajstić information content (AvgIpc) is 3.45. The van der Waals surface area contributed by atoms with Crippen LogP contribution in [0.15, 0.2) is 54.6 Å². The molecule has 4 nitrogen and oxygen atoms in total. The number of likely N-dealkylation sites (tertiary alicyclic amines) is 1. The van der Waals surface area contributed by atoms with Gasteiger partial charge in [0.25, 0.3) is 0 Å². The Kier molecular flexibility index (Phi) is 5.02. The number of esters is 1. The Bertz CT molecular complexity index is 825. The fraction of sp³-hybridized carbons (Fsp3) is 0.458.